The van der Waals surface area contributed by atoms with E-state index in [1.165, 1.54) is 0 Å². The quantitative estimate of drug-likeness (QED) is 0.712. The van der Waals surface area contributed by atoms with Crippen LogP contribution in [-0.4, -0.2) is 33.7 Å². The Labute approximate surface area is 167 Å². The average molecular weight is 394 g/mol. The zero-order chi connectivity index (χ0) is 18.8. The number of benzene rings is 1. The first kappa shape index (κ1) is 16.5. The minimum absolute atomic E-state index is 0.0276. The molecule has 2 unspecified atom stereocenters. The van der Waals surface area contributed by atoms with Gasteiger partial charge in [0.25, 0.3) is 5.56 Å². The van der Waals surface area contributed by atoms with Gasteiger partial charge in [0, 0.05) is 52.9 Å². The minimum Gasteiger partial charge on any atom is -0.351 e. The van der Waals surface area contributed by atoms with E-state index in [1.807, 2.05) is 41.1 Å². The summed E-state index contributed by atoms with van der Waals surface area (Å²) in [6.07, 6.45) is 3.83. The van der Waals surface area contributed by atoms with Crippen molar-refractivity contribution in [3.8, 4) is 11.1 Å². The van der Waals surface area contributed by atoms with Crippen molar-refractivity contribution in [1.29, 1.82) is 0 Å². The van der Waals surface area contributed by atoms with Crippen LogP contribution in [-0.2, 0) is 0 Å². The number of pyridine rings is 1. The molecule has 2 aromatic heterocycles. The molecule has 0 amide bonds. The van der Waals surface area contributed by atoms with Crippen LogP contribution in [0.15, 0.2) is 41.3 Å². The topological polar surface area (TPSA) is 71.8 Å². The summed E-state index contributed by atoms with van der Waals surface area (Å²) in [5.74, 6) is 1.96. The highest BCUT2D eigenvalue weighted by atomic mass is 35.5. The number of rotatable bonds is 4. The van der Waals surface area contributed by atoms with E-state index < -0.39 is 0 Å². The first-order valence-electron chi connectivity index (χ1n) is 9.85. The minimum atomic E-state index is -0.0276. The van der Waals surface area contributed by atoms with E-state index in [9.17, 15) is 4.79 Å². The van der Waals surface area contributed by atoms with Gasteiger partial charge in [-0.1, -0.05) is 29.8 Å². The Balaban J connectivity index is 1.47. The summed E-state index contributed by atoms with van der Waals surface area (Å²) in [5.41, 5.74) is 2.05. The van der Waals surface area contributed by atoms with E-state index in [0.717, 1.165) is 36.9 Å². The lowest BCUT2D eigenvalue weighted by molar-refractivity contribution is 0.692. The summed E-state index contributed by atoms with van der Waals surface area (Å²) in [4.78, 5) is 22.6. The van der Waals surface area contributed by atoms with Crippen LogP contribution >= 0.6 is 11.6 Å². The van der Waals surface area contributed by atoms with Gasteiger partial charge in [0.1, 0.15) is 5.65 Å². The van der Waals surface area contributed by atoms with E-state index in [4.69, 9.17) is 16.6 Å². The molecule has 2 N–H and O–H groups in total. The molecule has 1 aromatic carbocycles. The molecule has 3 fully saturated rings. The molecule has 3 heterocycles. The Kier molecular flexibility index (Phi) is 3.55. The van der Waals surface area contributed by atoms with Gasteiger partial charge in [-0.25, -0.2) is 4.98 Å². The highest BCUT2D eigenvalue weighted by molar-refractivity contribution is 6.33. The number of nitrogens with one attached hydrogen (secondary N) is 2. The van der Waals surface area contributed by atoms with Crippen LogP contribution in [0, 0.1) is 11.8 Å². The van der Waals surface area contributed by atoms with E-state index >= 15 is 0 Å². The van der Waals surface area contributed by atoms with Crippen LogP contribution in [0.3, 0.4) is 0 Å². The lowest BCUT2D eigenvalue weighted by Gasteiger charge is -2.14. The lowest BCUT2D eigenvalue weighted by Crippen LogP contribution is -2.24. The van der Waals surface area contributed by atoms with Gasteiger partial charge in [0.2, 0.25) is 5.95 Å². The fourth-order valence-corrected chi connectivity index (χ4v) is 4.75. The highest BCUT2D eigenvalue weighted by Gasteiger charge is 2.53. The summed E-state index contributed by atoms with van der Waals surface area (Å²) >= 11 is 6.37. The fraction of sp³-hybridized carbons (Fsp3) is 0.381. The summed E-state index contributed by atoms with van der Waals surface area (Å²) in [6.45, 7) is 2.12. The van der Waals surface area contributed by atoms with Crippen molar-refractivity contribution >= 4 is 28.6 Å². The zero-order valence-electron chi connectivity index (χ0n) is 15.2. The van der Waals surface area contributed by atoms with E-state index in [2.05, 4.69) is 15.6 Å². The van der Waals surface area contributed by atoms with Crippen LogP contribution in [0.4, 0.5) is 5.95 Å². The number of hydrogen-bond acceptors (Lipinski definition) is 5. The van der Waals surface area contributed by atoms with Crippen LogP contribution in [0.2, 0.25) is 5.02 Å². The average Bonchev–Trinajstić information content (AvgIpc) is 3.59. The maximum absolute atomic E-state index is 13.3. The summed E-state index contributed by atoms with van der Waals surface area (Å²) in [7, 11) is 0. The molecule has 0 bridgehead atoms. The van der Waals surface area contributed by atoms with E-state index in [0.29, 0.717) is 40.1 Å². The van der Waals surface area contributed by atoms with Crippen molar-refractivity contribution in [3.05, 3.63) is 51.9 Å². The molecule has 3 aliphatic rings. The summed E-state index contributed by atoms with van der Waals surface area (Å²) < 4.78 is 1.84. The third-order valence-electron chi connectivity index (χ3n) is 6.24. The molecular formula is C21H20ClN5O. The first-order chi connectivity index (χ1) is 13.7. The Bertz CT molecular complexity index is 1150. The van der Waals surface area contributed by atoms with Crippen LogP contribution in [0.1, 0.15) is 18.9 Å². The SMILES string of the molecule is O=c1c(-c2ccccc2Cl)cc2cnc(NC3C4CNCC43)nc2n1C1CC1. The van der Waals surface area contributed by atoms with Gasteiger partial charge in [-0.2, -0.15) is 4.98 Å². The van der Waals surface area contributed by atoms with E-state index in [1.54, 1.807) is 0 Å². The number of hydrogen-bond donors (Lipinski definition) is 2. The summed E-state index contributed by atoms with van der Waals surface area (Å²) in [5, 5.41) is 8.31. The van der Waals surface area contributed by atoms with Gasteiger partial charge in [-0.3, -0.25) is 9.36 Å². The van der Waals surface area contributed by atoms with Crippen LogP contribution in [0.25, 0.3) is 22.2 Å². The number of aromatic nitrogens is 3. The molecule has 142 valence electrons. The van der Waals surface area contributed by atoms with Crippen molar-refractivity contribution in [3.63, 3.8) is 0 Å². The Morgan fingerprint density at radius 2 is 1.93 bits per heavy atom. The van der Waals surface area contributed by atoms with E-state index in [-0.39, 0.29) is 11.6 Å². The smallest absolute Gasteiger partial charge is 0.260 e. The first-order valence-corrected chi connectivity index (χ1v) is 10.2. The monoisotopic (exact) mass is 393 g/mol. The molecule has 2 atom stereocenters. The number of halogens is 1. The maximum atomic E-state index is 13.3. The molecule has 6 nitrogen and oxygen atoms in total. The second-order valence-electron chi connectivity index (χ2n) is 8.07. The normalized spacial score (nSPS) is 25.7. The standard InChI is InChI=1S/C21H20ClN5O/c22-17-4-2-1-3-13(17)14-7-11-8-24-21(25-18-15-9-23-10-16(15)18)26-19(11)27(20(14)28)12-5-6-12/h1-4,7-8,12,15-16,18,23H,5-6,9-10H2,(H,24,25,26). The van der Waals surface area contributed by atoms with Crippen molar-refractivity contribution in [1.82, 2.24) is 19.9 Å². The number of piperidine rings is 1. The van der Waals surface area contributed by atoms with Crippen molar-refractivity contribution in [2.45, 2.75) is 24.9 Å². The predicted molar refractivity (Wildman–Crippen MR) is 110 cm³/mol. The zero-order valence-corrected chi connectivity index (χ0v) is 16.0. The molecule has 2 aliphatic carbocycles. The van der Waals surface area contributed by atoms with Gasteiger partial charge < -0.3 is 10.6 Å². The predicted octanol–water partition coefficient (Wildman–Crippen LogP) is 3.08. The Morgan fingerprint density at radius 1 is 1.14 bits per heavy atom. The Morgan fingerprint density at radius 3 is 2.68 bits per heavy atom. The third-order valence-corrected chi connectivity index (χ3v) is 6.57. The van der Waals surface area contributed by atoms with Crippen LogP contribution < -0.4 is 16.2 Å². The third kappa shape index (κ3) is 2.55. The van der Waals surface area contributed by atoms with Gasteiger partial charge in [-0.15, -0.1) is 0 Å². The largest absolute Gasteiger partial charge is 0.351 e. The second kappa shape index (κ2) is 6.03. The molecule has 2 saturated carbocycles. The summed E-state index contributed by atoms with van der Waals surface area (Å²) in [6, 6.07) is 10.0. The van der Waals surface area contributed by atoms with Gasteiger partial charge in [0.15, 0.2) is 0 Å². The molecule has 6 rings (SSSR count). The molecule has 28 heavy (non-hydrogen) atoms. The van der Waals surface area contributed by atoms with Crippen molar-refractivity contribution in [2.24, 2.45) is 11.8 Å². The fourth-order valence-electron chi connectivity index (χ4n) is 4.52. The molecule has 3 aromatic rings. The molecule has 1 aliphatic heterocycles. The molecule has 0 spiro atoms. The molecular weight excluding hydrogens is 374 g/mol. The Hall–Kier alpha value is -2.44. The van der Waals surface area contributed by atoms with Gasteiger partial charge >= 0.3 is 0 Å². The number of nitrogens with zero attached hydrogens (tertiary/aromatic N) is 3. The lowest BCUT2D eigenvalue weighted by atomic mass is 10.1. The molecule has 1 saturated heterocycles. The van der Waals surface area contributed by atoms with Crippen LogP contribution in [0.5, 0.6) is 0 Å². The van der Waals surface area contributed by atoms with Gasteiger partial charge in [-0.05, 0) is 36.8 Å². The molecule has 7 heteroatoms. The molecule has 0 radical (unpaired) electrons. The van der Waals surface area contributed by atoms with Crippen molar-refractivity contribution < 1.29 is 0 Å². The number of fused-ring (bicyclic) bond motifs is 2. The van der Waals surface area contributed by atoms with Gasteiger partial charge in [0.05, 0.1) is 0 Å². The van der Waals surface area contributed by atoms with Crippen molar-refractivity contribution in [2.75, 3.05) is 18.4 Å². The second-order valence-corrected chi connectivity index (χ2v) is 8.48. The number of anilines is 1. The highest BCUT2D eigenvalue weighted by Crippen LogP contribution is 2.43. The maximum Gasteiger partial charge on any atom is 0.260 e.